The zero-order valence-electron chi connectivity index (χ0n) is 12.1. The molecule has 0 aromatic carbocycles. The summed E-state index contributed by atoms with van der Waals surface area (Å²) in [4.78, 5) is 0. The molecule has 0 unspecified atom stereocenters. The number of aliphatic hydroxyl groups excluding tert-OH is 1. The van der Waals surface area contributed by atoms with Crippen LogP contribution in [0.3, 0.4) is 0 Å². The highest BCUT2D eigenvalue weighted by Gasteiger charge is 2.12. The number of alkyl halides is 2. The number of rotatable bonds is 7. The lowest BCUT2D eigenvalue weighted by Crippen LogP contribution is -2.09. The Balaban J connectivity index is 2.01. The average Bonchev–Trinajstić information content (AvgIpc) is 2.94. The second kappa shape index (κ2) is 6.66. The van der Waals surface area contributed by atoms with E-state index in [2.05, 4.69) is 15.5 Å². The number of nitrogens with one attached hydrogen (secondary N) is 1. The molecule has 0 atom stereocenters. The van der Waals surface area contributed by atoms with Crippen LogP contribution >= 0.6 is 0 Å². The van der Waals surface area contributed by atoms with E-state index in [1.807, 2.05) is 13.8 Å². The summed E-state index contributed by atoms with van der Waals surface area (Å²) in [5.41, 5.74) is 2.87. The SMILES string of the molecule is Cc1nn(CCO)c(C)c1CNc1ccn(CC(F)F)n1. The monoisotopic (exact) mass is 299 g/mol. The van der Waals surface area contributed by atoms with Gasteiger partial charge in [-0.2, -0.15) is 10.2 Å². The van der Waals surface area contributed by atoms with Crippen molar-refractivity contribution in [3.63, 3.8) is 0 Å². The quantitative estimate of drug-likeness (QED) is 0.814. The van der Waals surface area contributed by atoms with Crippen LogP contribution in [0.15, 0.2) is 12.3 Å². The molecule has 2 heterocycles. The molecule has 0 saturated heterocycles. The highest BCUT2D eigenvalue weighted by atomic mass is 19.3. The van der Waals surface area contributed by atoms with Crippen molar-refractivity contribution >= 4 is 5.82 Å². The van der Waals surface area contributed by atoms with Crippen LogP contribution in [0, 0.1) is 13.8 Å². The van der Waals surface area contributed by atoms with Crippen LogP contribution in [-0.2, 0) is 19.6 Å². The van der Waals surface area contributed by atoms with E-state index in [0.717, 1.165) is 17.0 Å². The minimum absolute atomic E-state index is 0.0346. The molecule has 2 aromatic heterocycles. The molecular formula is C13H19F2N5O. The van der Waals surface area contributed by atoms with Gasteiger partial charge >= 0.3 is 0 Å². The van der Waals surface area contributed by atoms with Crippen molar-refractivity contribution in [3.05, 3.63) is 29.2 Å². The predicted octanol–water partition coefficient (Wildman–Crippen LogP) is 1.57. The first-order chi connectivity index (χ1) is 10.0. The molecule has 21 heavy (non-hydrogen) atoms. The molecule has 0 aliphatic heterocycles. The van der Waals surface area contributed by atoms with E-state index in [4.69, 9.17) is 5.11 Å². The van der Waals surface area contributed by atoms with Crippen LogP contribution < -0.4 is 5.32 Å². The van der Waals surface area contributed by atoms with E-state index in [0.29, 0.717) is 18.9 Å². The maximum Gasteiger partial charge on any atom is 0.257 e. The predicted molar refractivity (Wildman–Crippen MR) is 74.3 cm³/mol. The molecule has 6 nitrogen and oxygen atoms in total. The molecule has 0 bridgehead atoms. The van der Waals surface area contributed by atoms with Crippen LogP contribution in [0.2, 0.25) is 0 Å². The first-order valence-corrected chi connectivity index (χ1v) is 6.70. The Kier molecular flexibility index (Phi) is 4.89. The Hall–Kier alpha value is -1.96. The first-order valence-electron chi connectivity index (χ1n) is 6.70. The van der Waals surface area contributed by atoms with Crippen molar-refractivity contribution in [1.82, 2.24) is 19.6 Å². The van der Waals surface area contributed by atoms with Gasteiger partial charge < -0.3 is 10.4 Å². The van der Waals surface area contributed by atoms with Crippen molar-refractivity contribution in [3.8, 4) is 0 Å². The fourth-order valence-corrected chi connectivity index (χ4v) is 2.18. The fraction of sp³-hybridized carbons (Fsp3) is 0.538. The van der Waals surface area contributed by atoms with E-state index in [-0.39, 0.29) is 6.61 Å². The van der Waals surface area contributed by atoms with Gasteiger partial charge in [0.1, 0.15) is 12.4 Å². The lowest BCUT2D eigenvalue weighted by molar-refractivity contribution is 0.122. The van der Waals surface area contributed by atoms with Crippen LogP contribution in [0.1, 0.15) is 17.0 Å². The van der Waals surface area contributed by atoms with E-state index in [9.17, 15) is 8.78 Å². The van der Waals surface area contributed by atoms with Gasteiger partial charge in [0.2, 0.25) is 0 Å². The summed E-state index contributed by atoms with van der Waals surface area (Å²) >= 11 is 0. The molecule has 0 spiro atoms. The summed E-state index contributed by atoms with van der Waals surface area (Å²) in [6.45, 7) is 4.42. The average molecular weight is 299 g/mol. The van der Waals surface area contributed by atoms with Gasteiger partial charge in [-0.1, -0.05) is 0 Å². The molecule has 2 aromatic rings. The Morgan fingerprint density at radius 1 is 1.33 bits per heavy atom. The summed E-state index contributed by atoms with van der Waals surface area (Å²) in [5.74, 6) is 0.546. The standard InChI is InChI=1S/C13H19F2N5O/c1-9-11(10(2)20(17-9)5-6-21)7-16-13-3-4-19(18-13)8-12(14)15/h3-4,12,21H,5-8H2,1-2H3,(H,16,18). The number of aliphatic hydroxyl groups is 1. The van der Waals surface area contributed by atoms with Crippen molar-refractivity contribution in [2.24, 2.45) is 0 Å². The molecule has 2 N–H and O–H groups in total. The Labute approximate surface area is 121 Å². The van der Waals surface area contributed by atoms with Crippen molar-refractivity contribution in [2.75, 3.05) is 11.9 Å². The van der Waals surface area contributed by atoms with E-state index < -0.39 is 13.0 Å². The number of aryl methyl sites for hydroxylation is 1. The Morgan fingerprint density at radius 3 is 2.76 bits per heavy atom. The third-order valence-electron chi connectivity index (χ3n) is 3.26. The van der Waals surface area contributed by atoms with Gasteiger partial charge in [0.05, 0.1) is 18.8 Å². The lowest BCUT2D eigenvalue weighted by Gasteiger charge is -2.05. The van der Waals surface area contributed by atoms with Gasteiger partial charge in [0.25, 0.3) is 6.43 Å². The summed E-state index contributed by atoms with van der Waals surface area (Å²) in [5, 5.41) is 20.5. The molecule has 0 saturated carbocycles. The van der Waals surface area contributed by atoms with Crippen molar-refractivity contribution in [2.45, 2.75) is 39.9 Å². The molecule has 0 fully saturated rings. The zero-order valence-corrected chi connectivity index (χ0v) is 12.1. The third kappa shape index (κ3) is 3.78. The number of hydrogen-bond acceptors (Lipinski definition) is 4. The molecule has 8 heteroatoms. The maximum atomic E-state index is 12.2. The van der Waals surface area contributed by atoms with Gasteiger partial charge in [-0.15, -0.1) is 0 Å². The summed E-state index contributed by atoms with van der Waals surface area (Å²) in [6.07, 6.45) is -0.900. The van der Waals surface area contributed by atoms with E-state index in [1.54, 1.807) is 10.7 Å². The Morgan fingerprint density at radius 2 is 2.10 bits per heavy atom. The number of anilines is 1. The highest BCUT2D eigenvalue weighted by molar-refractivity contribution is 5.36. The van der Waals surface area contributed by atoms with Crippen molar-refractivity contribution in [1.29, 1.82) is 0 Å². The molecule has 0 amide bonds. The largest absolute Gasteiger partial charge is 0.394 e. The smallest absolute Gasteiger partial charge is 0.257 e. The van der Waals surface area contributed by atoms with Crippen LogP contribution in [0.5, 0.6) is 0 Å². The second-order valence-electron chi connectivity index (χ2n) is 4.76. The zero-order chi connectivity index (χ0) is 15.4. The van der Waals surface area contributed by atoms with Gasteiger partial charge in [-0.05, 0) is 13.8 Å². The van der Waals surface area contributed by atoms with Crippen LogP contribution in [-0.4, -0.2) is 37.7 Å². The molecule has 0 aliphatic rings. The first kappa shape index (κ1) is 15.4. The Bertz CT molecular complexity index is 593. The normalized spacial score (nSPS) is 11.3. The van der Waals surface area contributed by atoms with E-state index in [1.165, 1.54) is 10.9 Å². The minimum atomic E-state index is -2.42. The third-order valence-corrected chi connectivity index (χ3v) is 3.26. The highest BCUT2D eigenvalue weighted by Crippen LogP contribution is 2.15. The number of halogens is 2. The fourth-order valence-electron chi connectivity index (χ4n) is 2.18. The van der Waals surface area contributed by atoms with Gasteiger partial charge in [-0.25, -0.2) is 8.78 Å². The summed E-state index contributed by atoms with van der Waals surface area (Å²) in [6, 6.07) is 1.66. The summed E-state index contributed by atoms with van der Waals surface area (Å²) in [7, 11) is 0. The topological polar surface area (TPSA) is 67.9 Å². The van der Waals surface area contributed by atoms with Crippen LogP contribution in [0.4, 0.5) is 14.6 Å². The van der Waals surface area contributed by atoms with Gasteiger partial charge in [0, 0.05) is 30.1 Å². The minimum Gasteiger partial charge on any atom is -0.394 e. The van der Waals surface area contributed by atoms with Crippen LogP contribution in [0.25, 0.3) is 0 Å². The molecule has 2 rings (SSSR count). The summed E-state index contributed by atoms with van der Waals surface area (Å²) < 4.78 is 27.5. The molecular weight excluding hydrogens is 280 g/mol. The second-order valence-corrected chi connectivity index (χ2v) is 4.76. The van der Waals surface area contributed by atoms with Crippen molar-refractivity contribution < 1.29 is 13.9 Å². The number of aromatic nitrogens is 4. The van der Waals surface area contributed by atoms with E-state index >= 15 is 0 Å². The molecule has 116 valence electrons. The molecule has 0 aliphatic carbocycles. The number of hydrogen-bond donors (Lipinski definition) is 2. The maximum absolute atomic E-state index is 12.2. The lowest BCUT2D eigenvalue weighted by atomic mass is 10.2. The molecule has 0 radical (unpaired) electrons. The van der Waals surface area contributed by atoms with Gasteiger partial charge in [0.15, 0.2) is 0 Å². The number of nitrogens with zero attached hydrogens (tertiary/aromatic N) is 4. The van der Waals surface area contributed by atoms with Gasteiger partial charge in [-0.3, -0.25) is 9.36 Å².